The molecule has 100 valence electrons. The molecule has 1 unspecified atom stereocenters. The van der Waals surface area contributed by atoms with Crippen molar-refractivity contribution in [3.63, 3.8) is 0 Å². The van der Waals surface area contributed by atoms with E-state index in [1.165, 1.54) is 0 Å². The molecule has 0 spiro atoms. The molecule has 1 aromatic carbocycles. The first-order chi connectivity index (χ1) is 9.13. The van der Waals surface area contributed by atoms with E-state index >= 15 is 0 Å². The fraction of sp³-hybridized carbons (Fsp3) is 0.154. The molecule has 0 amide bonds. The van der Waals surface area contributed by atoms with E-state index in [1.807, 2.05) is 24.3 Å². The highest BCUT2D eigenvalue weighted by atomic mass is 79.9. The van der Waals surface area contributed by atoms with E-state index in [-0.39, 0.29) is 6.04 Å². The fourth-order valence-corrected chi connectivity index (χ4v) is 3.16. The molecule has 0 aliphatic carbocycles. The van der Waals surface area contributed by atoms with Crippen LogP contribution in [-0.2, 0) is 0 Å². The van der Waals surface area contributed by atoms with Crippen molar-refractivity contribution in [2.75, 3.05) is 7.11 Å². The first-order valence-corrected chi connectivity index (χ1v) is 7.13. The number of nitrogens with zero attached hydrogens (tertiary/aromatic N) is 1. The Labute approximate surface area is 128 Å². The lowest BCUT2D eigenvalue weighted by Gasteiger charge is -2.17. The van der Waals surface area contributed by atoms with E-state index in [2.05, 4.69) is 42.3 Å². The zero-order valence-electron chi connectivity index (χ0n) is 10.2. The average molecular weight is 387 g/mol. The van der Waals surface area contributed by atoms with Gasteiger partial charge in [-0.15, -0.1) is 0 Å². The highest BCUT2D eigenvalue weighted by Gasteiger charge is 2.14. The molecule has 19 heavy (non-hydrogen) atoms. The van der Waals surface area contributed by atoms with Gasteiger partial charge in [0.1, 0.15) is 5.75 Å². The summed E-state index contributed by atoms with van der Waals surface area (Å²) < 4.78 is 7.14. The van der Waals surface area contributed by atoms with Gasteiger partial charge in [0.05, 0.1) is 19.3 Å². The molecule has 0 saturated carbocycles. The van der Waals surface area contributed by atoms with Crippen molar-refractivity contribution in [3.8, 4) is 5.75 Å². The van der Waals surface area contributed by atoms with Crippen molar-refractivity contribution >= 4 is 31.9 Å². The Morgan fingerprint density at radius 1 is 1.11 bits per heavy atom. The summed E-state index contributed by atoms with van der Waals surface area (Å²) in [6.07, 6.45) is 3.43. The Kier molecular flexibility index (Phi) is 4.93. The molecule has 2 rings (SSSR count). The van der Waals surface area contributed by atoms with E-state index in [0.29, 0.717) is 5.75 Å². The van der Waals surface area contributed by atoms with Gasteiger partial charge in [-0.2, -0.15) is 0 Å². The first kappa shape index (κ1) is 14.5. The van der Waals surface area contributed by atoms with Crippen molar-refractivity contribution in [2.24, 2.45) is 5.84 Å². The van der Waals surface area contributed by atoms with Crippen LogP contribution in [0.4, 0.5) is 0 Å². The topological polar surface area (TPSA) is 60.2 Å². The largest absolute Gasteiger partial charge is 0.495 e. The SMILES string of the molecule is COc1cncc(C(NN)c2cc(Br)cc(Br)c2)c1. The number of halogens is 2. The van der Waals surface area contributed by atoms with Crippen LogP contribution < -0.4 is 16.0 Å². The Morgan fingerprint density at radius 3 is 2.37 bits per heavy atom. The molecule has 0 saturated heterocycles. The molecule has 0 radical (unpaired) electrons. The molecule has 0 bridgehead atoms. The third kappa shape index (κ3) is 3.54. The molecule has 0 fully saturated rings. The molecule has 6 heteroatoms. The molecule has 1 aromatic heterocycles. The Hall–Kier alpha value is -0.950. The van der Waals surface area contributed by atoms with Crippen molar-refractivity contribution in [3.05, 3.63) is 56.7 Å². The number of nitrogens with two attached hydrogens (primary N) is 1. The van der Waals surface area contributed by atoms with E-state index in [0.717, 1.165) is 20.1 Å². The van der Waals surface area contributed by atoms with Gasteiger partial charge in [-0.25, -0.2) is 5.43 Å². The van der Waals surface area contributed by atoms with Crippen LogP contribution >= 0.6 is 31.9 Å². The molecule has 1 heterocycles. The molecule has 2 aromatic rings. The van der Waals surface area contributed by atoms with Gasteiger partial charge >= 0.3 is 0 Å². The van der Waals surface area contributed by atoms with Crippen LogP contribution in [0.5, 0.6) is 5.75 Å². The van der Waals surface area contributed by atoms with Crippen LogP contribution in [0.2, 0.25) is 0 Å². The Bertz CT molecular complexity index is 557. The fourth-order valence-electron chi connectivity index (χ4n) is 1.83. The summed E-state index contributed by atoms with van der Waals surface area (Å²) in [7, 11) is 1.61. The van der Waals surface area contributed by atoms with Gasteiger partial charge in [0, 0.05) is 15.1 Å². The third-order valence-electron chi connectivity index (χ3n) is 2.69. The van der Waals surface area contributed by atoms with Gasteiger partial charge in [-0.05, 0) is 35.4 Å². The lowest BCUT2D eigenvalue weighted by molar-refractivity contribution is 0.411. The predicted molar refractivity (Wildman–Crippen MR) is 81.8 cm³/mol. The minimum Gasteiger partial charge on any atom is -0.495 e. The number of ether oxygens (including phenoxy) is 1. The van der Waals surface area contributed by atoms with Crippen molar-refractivity contribution in [1.82, 2.24) is 10.4 Å². The quantitative estimate of drug-likeness (QED) is 0.625. The normalized spacial score (nSPS) is 12.2. The van der Waals surface area contributed by atoms with Gasteiger partial charge < -0.3 is 4.74 Å². The molecule has 3 N–H and O–H groups in total. The highest BCUT2D eigenvalue weighted by Crippen LogP contribution is 2.28. The van der Waals surface area contributed by atoms with E-state index in [4.69, 9.17) is 10.6 Å². The number of nitrogens with one attached hydrogen (secondary N) is 1. The van der Waals surface area contributed by atoms with Crippen LogP contribution in [0.3, 0.4) is 0 Å². The smallest absolute Gasteiger partial charge is 0.137 e. The number of hydrazine groups is 1. The molecule has 0 aliphatic rings. The van der Waals surface area contributed by atoms with E-state index in [9.17, 15) is 0 Å². The monoisotopic (exact) mass is 385 g/mol. The second-order valence-electron chi connectivity index (χ2n) is 3.96. The van der Waals surface area contributed by atoms with Gasteiger partial charge in [-0.3, -0.25) is 10.8 Å². The summed E-state index contributed by atoms with van der Waals surface area (Å²) in [6, 6.07) is 7.74. The molecular weight excluding hydrogens is 374 g/mol. The maximum Gasteiger partial charge on any atom is 0.137 e. The zero-order valence-corrected chi connectivity index (χ0v) is 13.4. The lowest BCUT2D eigenvalue weighted by Crippen LogP contribution is -2.29. The van der Waals surface area contributed by atoms with Gasteiger partial charge in [0.2, 0.25) is 0 Å². The Morgan fingerprint density at radius 2 is 1.79 bits per heavy atom. The number of pyridine rings is 1. The minimum atomic E-state index is -0.156. The van der Waals surface area contributed by atoms with Gasteiger partial charge in [0.15, 0.2) is 0 Å². The third-order valence-corrected chi connectivity index (χ3v) is 3.60. The number of aromatic nitrogens is 1. The molecule has 0 aliphatic heterocycles. The van der Waals surface area contributed by atoms with Crippen molar-refractivity contribution < 1.29 is 4.74 Å². The van der Waals surface area contributed by atoms with Crippen molar-refractivity contribution in [2.45, 2.75) is 6.04 Å². The Balaban J connectivity index is 2.43. The standard InChI is InChI=1S/C13H13Br2N3O/c1-19-12-4-9(6-17-7-12)13(18-16)8-2-10(14)5-11(15)3-8/h2-7,13,18H,16H2,1H3. The summed E-state index contributed by atoms with van der Waals surface area (Å²) in [5.41, 5.74) is 4.77. The molecule has 4 nitrogen and oxygen atoms in total. The summed E-state index contributed by atoms with van der Waals surface area (Å²) in [5, 5.41) is 0. The number of methoxy groups -OCH3 is 1. The summed E-state index contributed by atoms with van der Waals surface area (Å²) in [4.78, 5) is 4.15. The van der Waals surface area contributed by atoms with Crippen LogP contribution in [0, 0.1) is 0 Å². The van der Waals surface area contributed by atoms with Gasteiger partial charge in [0.25, 0.3) is 0 Å². The first-order valence-electron chi connectivity index (χ1n) is 5.55. The minimum absolute atomic E-state index is 0.156. The second kappa shape index (κ2) is 6.47. The second-order valence-corrected chi connectivity index (χ2v) is 5.79. The molecular formula is C13H13Br2N3O. The summed E-state index contributed by atoms with van der Waals surface area (Å²) in [5.74, 6) is 6.38. The zero-order chi connectivity index (χ0) is 13.8. The van der Waals surface area contributed by atoms with E-state index < -0.39 is 0 Å². The number of hydrogen-bond donors (Lipinski definition) is 2. The number of rotatable bonds is 4. The molecule has 1 atom stereocenters. The maximum absolute atomic E-state index is 5.68. The van der Waals surface area contributed by atoms with Crippen LogP contribution in [0.25, 0.3) is 0 Å². The maximum atomic E-state index is 5.68. The highest BCUT2D eigenvalue weighted by molar-refractivity contribution is 9.11. The van der Waals surface area contributed by atoms with E-state index in [1.54, 1.807) is 19.5 Å². The van der Waals surface area contributed by atoms with Crippen LogP contribution in [0.15, 0.2) is 45.6 Å². The predicted octanol–water partition coefficient (Wildman–Crippen LogP) is 3.17. The summed E-state index contributed by atoms with van der Waals surface area (Å²) in [6.45, 7) is 0. The average Bonchev–Trinajstić information content (AvgIpc) is 2.39. The number of benzene rings is 1. The van der Waals surface area contributed by atoms with Crippen LogP contribution in [-0.4, -0.2) is 12.1 Å². The van der Waals surface area contributed by atoms with Gasteiger partial charge in [-0.1, -0.05) is 31.9 Å². The number of hydrogen-bond acceptors (Lipinski definition) is 4. The van der Waals surface area contributed by atoms with Crippen molar-refractivity contribution in [1.29, 1.82) is 0 Å². The lowest BCUT2D eigenvalue weighted by atomic mass is 10.0. The van der Waals surface area contributed by atoms with Crippen LogP contribution in [0.1, 0.15) is 17.2 Å². The summed E-state index contributed by atoms with van der Waals surface area (Å²) >= 11 is 6.94.